The van der Waals surface area contributed by atoms with Crippen LogP contribution in [-0.2, 0) is 0 Å². The molecule has 0 aliphatic heterocycles. The topological polar surface area (TPSA) is 12.0 Å². The first-order valence-corrected chi connectivity index (χ1v) is 8.03. The third-order valence-electron chi connectivity index (χ3n) is 3.02. The van der Waals surface area contributed by atoms with Gasteiger partial charge in [0.25, 0.3) is 0 Å². The van der Waals surface area contributed by atoms with Crippen LogP contribution in [0.4, 0.5) is 4.39 Å². The molecule has 0 aliphatic carbocycles. The van der Waals surface area contributed by atoms with E-state index in [-0.39, 0.29) is 11.9 Å². The van der Waals surface area contributed by atoms with Crippen LogP contribution in [0.5, 0.6) is 0 Å². The highest BCUT2D eigenvalue weighted by Gasteiger charge is 2.18. The molecule has 1 nitrogen and oxygen atoms in total. The molecule has 0 radical (unpaired) electrons. The van der Waals surface area contributed by atoms with E-state index in [0.29, 0.717) is 5.56 Å². The molecule has 0 saturated heterocycles. The minimum Gasteiger partial charge on any atom is -0.306 e. The van der Waals surface area contributed by atoms with Gasteiger partial charge in [-0.15, -0.1) is 11.3 Å². The van der Waals surface area contributed by atoms with E-state index in [1.54, 1.807) is 24.3 Å². The van der Waals surface area contributed by atoms with Crippen LogP contribution in [0.25, 0.3) is 0 Å². The molecule has 0 spiro atoms. The molecule has 1 aromatic heterocycles. The summed E-state index contributed by atoms with van der Waals surface area (Å²) in [5.41, 5.74) is 1.80. The second-order valence-corrected chi connectivity index (χ2v) is 6.33. The predicted molar refractivity (Wildman–Crippen MR) is 83.3 cm³/mol. The number of nitrogens with one attached hydrogen (secondary N) is 1. The first-order valence-electron chi connectivity index (χ1n) is 6.35. The first-order chi connectivity index (χ1) is 9.13. The van der Waals surface area contributed by atoms with Gasteiger partial charge in [0.1, 0.15) is 5.82 Å². The molecular weight excluding hydrogens is 325 g/mol. The second kappa shape index (κ2) is 6.64. The van der Waals surface area contributed by atoms with E-state index in [0.717, 1.165) is 23.0 Å². The minimum absolute atomic E-state index is 0.119. The zero-order chi connectivity index (χ0) is 13.8. The third-order valence-corrected chi connectivity index (χ3v) is 4.96. The van der Waals surface area contributed by atoms with Gasteiger partial charge in [0.15, 0.2) is 0 Å². The molecule has 0 saturated carbocycles. The molecule has 1 aromatic carbocycles. The Hall–Kier alpha value is -0.710. The van der Waals surface area contributed by atoms with E-state index in [1.807, 2.05) is 12.1 Å². The molecule has 1 heterocycles. The SMILES string of the molecule is CCCNC(c1ccc(F)c(C)c1)c1sccc1Br. The normalized spacial score (nSPS) is 12.6. The van der Waals surface area contributed by atoms with Crippen molar-refractivity contribution in [1.29, 1.82) is 0 Å². The van der Waals surface area contributed by atoms with Crippen LogP contribution in [0.15, 0.2) is 34.1 Å². The van der Waals surface area contributed by atoms with Crippen molar-refractivity contribution in [3.8, 4) is 0 Å². The molecule has 0 bridgehead atoms. The molecule has 1 atom stereocenters. The fraction of sp³-hybridized carbons (Fsp3) is 0.333. The molecular formula is C15H17BrFNS. The van der Waals surface area contributed by atoms with Gasteiger partial charge in [-0.25, -0.2) is 4.39 Å². The Bertz CT molecular complexity index is 553. The number of halogens is 2. The van der Waals surface area contributed by atoms with Gasteiger partial charge in [0.05, 0.1) is 6.04 Å². The van der Waals surface area contributed by atoms with Crippen molar-refractivity contribution in [2.75, 3.05) is 6.54 Å². The van der Waals surface area contributed by atoms with Gasteiger partial charge < -0.3 is 5.32 Å². The fourth-order valence-electron chi connectivity index (χ4n) is 2.01. The molecule has 0 aliphatic rings. The van der Waals surface area contributed by atoms with Crippen molar-refractivity contribution < 1.29 is 4.39 Å². The van der Waals surface area contributed by atoms with E-state index in [9.17, 15) is 4.39 Å². The van der Waals surface area contributed by atoms with E-state index in [1.165, 1.54) is 4.88 Å². The van der Waals surface area contributed by atoms with Crippen molar-refractivity contribution >= 4 is 27.3 Å². The highest BCUT2D eigenvalue weighted by atomic mass is 79.9. The van der Waals surface area contributed by atoms with E-state index in [2.05, 4.69) is 39.6 Å². The van der Waals surface area contributed by atoms with Gasteiger partial charge in [-0.05, 0) is 64.5 Å². The second-order valence-electron chi connectivity index (χ2n) is 4.53. The summed E-state index contributed by atoms with van der Waals surface area (Å²) >= 11 is 5.30. The summed E-state index contributed by atoms with van der Waals surface area (Å²) < 4.78 is 14.5. The number of thiophene rings is 1. The molecule has 19 heavy (non-hydrogen) atoms. The van der Waals surface area contributed by atoms with Crippen LogP contribution in [0.1, 0.15) is 35.4 Å². The smallest absolute Gasteiger partial charge is 0.126 e. The van der Waals surface area contributed by atoms with E-state index >= 15 is 0 Å². The van der Waals surface area contributed by atoms with Crippen molar-refractivity contribution in [3.05, 3.63) is 55.9 Å². The van der Waals surface area contributed by atoms with Gasteiger partial charge >= 0.3 is 0 Å². The van der Waals surface area contributed by atoms with Gasteiger partial charge in [-0.3, -0.25) is 0 Å². The van der Waals surface area contributed by atoms with Crippen molar-refractivity contribution in [1.82, 2.24) is 5.32 Å². The molecule has 4 heteroatoms. The van der Waals surface area contributed by atoms with Crippen LogP contribution in [0.2, 0.25) is 0 Å². The average Bonchev–Trinajstić information content (AvgIpc) is 2.80. The fourth-order valence-corrected chi connectivity index (χ4v) is 3.71. The quantitative estimate of drug-likeness (QED) is 0.802. The Labute approximate surface area is 126 Å². The number of hydrogen-bond donors (Lipinski definition) is 1. The molecule has 0 amide bonds. The van der Waals surface area contributed by atoms with Crippen LogP contribution < -0.4 is 5.32 Å². The molecule has 0 fully saturated rings. The minimum atomic E-state index is -0.150. The summed E-state index contributed by atoms with van der Waals surface area (Å²) in [6, 6.07) is 7.51. The summed E-state index contributed by atoms with van der Waals surface area (Å²) in [4.78, 5) is 1.24. The Kier molecular flexibility index (Phi) is 5.13. The highest BCUT2D eigenvalue weighted by Crippen LogP contribution is 2.33. The first kappa shape index (κ1) is 14.7. The maximum atomic E-state index is 13.4. The summed E-state index contributed by atoms with van der Waals surface area (Å²) in [5.74, 6) is -0.150. The summed E-state index contributed by atoms with van der Waals surface area (Å²) in [7, 11) is 0. The summed E-state index contributed by atoms with van der Waals surface area (Å²) in [5, 5.41) is 5.60. The number of hydrogen-bond acceptors (Lipinski definition) is 2. The van der Waals surface area contributed by atoms with Crippen LogP contribution >= 0.6 is 27.3 Å². The standard InChI is InChI=1S/C15H17BrFNS/c1-3-7-18-14(15-12(16)6-8-19-15)11-4-5-13(17)10(2)9-11/h4-6,8-9,14,18H,3,7H2,1-2H3. The number of benzene rings is 1. The van der Waals surface area contributed by atoms with Gasteiger partial charge in [-0.2, -0.15) is 0 Å². The molecule has 2 rings (SSSR count). The largest absolute Gasteiger partial charge is 0.306 e. The molecule has 1 N–H and O–H groups in total. The van der Waals surface area contributed by atoms with Gasteiger partial charge in [-0.1, -0.05) is 19.1 Å². The van der Waals surface area contributed by atoms with Crippen LogP contribution in [-0.4, -0.2) is 6.54 Å². The molecule has 2 aromatic rings. The summed E-state index contributed by atoms with van der Waals surface area (Å²) in [6.07, 6.45) is 1.07. The van der Waals surface area contributed by atoms with Gasteiger partial charge in [0, 0.05) is 9.35 Å². The lowest BCUT2D eigenvalue weighted by Gasteiger charge is -2.19. The maximum Gasteiger partial charge on any atom is 0.126 e. The van der Waals surface area contributed by atoms with E-state index < -0.39 is 0 Å². The van der Waals surface area contributed by atoms with Crippen molar-refractivity contribution in [2.45, 2.75) is 26.3 Å². The highest BCUT2D eigenvalue weighted by molar-refractivity contribution is 9.10. The van der Waals surface area contributed by atoms with Crippen LogP contribution in [0.3, 0.4) is 0 Å². The summed E-state index contributed by atoms with van der Waals surface area (Å²) in [6.45, 7) is 4.88. The Morgan fingerprint density at radius 3 is 2.74 bits per heavy atom. The lowest BCUT2D eigenvalue weighted by molar-refractivity contribution is 0.594. The Morgan fingerprint density at radius 2 is 2.16 bits per heavy atom. The van der Waals surface area contributed by atoms with Crippen molar-refractivity contribution in [3.63, 3.8) is 0 Å². The monoisotopic (exact) mass is 341 g/mol. The Morgan fingerprint density at radius 1 is 1.37 bits per heavy atom. The van der Waals surface area contributed by atoms with Gasteiger partial charge in [0.2, 0.25) is 0 Å². The average molecular weight is 342 g/mol. The van der Waals surface area contributed by atoms with Crippen LogP contribution in [0, 0.1) is 12.7 Å². The molecule has 102 valence electrons. The lowest BCUT2D eigenvalue weighted by atomic mass is 10.0. The number of rotatable bonds is 5. The zero-order valence-electron chi connectivity index (χ0n) is 11.0. The maximum absolute atomic E-state index is 13.4. The lowest BCUT2D eigenvalue weighted by Crippen LogP contribution is -2.22. The Balaban J connectivity index is 2.37. The molecule has 1 unspecified atom stereocenters. The third kappa shape index (κ3) is 3.44. The van der Waals surface area contributed by atoms with Crippen molar-refractivity contribution in [2.24, 2.45) is 0 Å². The number of aryl methyl sites for hydroxylation is 1. The zero-order valence-corrected chi connectivity index (χ0v) is 13.4. The predicted octanol–water partition coefficient (Wildman–Crippen LogP) is 5.05. The van der Waals surface area contributed by atoms with E-state index in [4.69, 9.17) is 0 Å².